The summed E-state index contributed by atoms with van der Waals surface area (Å²) in [5.74, 6) is -1.13. The predicted octanol–water partition coefficient (Wildman–Crippen LogP) is 1.45. The zero-order valence-electron chi connectivity index (χ0n) is 5.84. The number of rotatable bonds is 5. The molecule has 0 aliphatic carbocycles. The van der Waals surface area contributed by atoms with Gasteiger partial charge in [0.2, 0.25) is 5.56 Å². The Morgan fingerprint density at radius 2 is 2.40 bits per heavy atom. The van der Waals surface area contributed by atoms with Gasteiger partial charge in [-0.1, -0.05) is 24.9 Å². The number of carbonyl (C=O) groups is 1. The SMILES string of the molecule is CCCCOC(Cl)C(=O)O. The summed E-state index contributed by atoms with van der Waals surface area (Å²) in [6, 6.07) is 0. The Morgan fingerprint density at radius 3 is 2.80 bits per heavy atom. The second-order valence-electron chi connectivity index (χ2n) is 1.88. The fraction of sp³-hybridized carbons (Fsp3) is 0.833. The highest BCUT2D eigenvalue weighted by Gasteiger charge is 2.12. The van der Waals surface area contributed by atoms with Crippen molar-refractivity contribution in [3.8, 4) is 0 Å². The first-order valence-corrected chi connectivity index (χ1v) is 3.60. The average molecular weight is 167 g/mol. The molecule has 60 valence electrons. The minimum Gasteiger partial charge on any atom is -0.478 e. The largest absolute Gasteiger partial charge is 0.478 e. The molecule has 1 unspecified atom stereocenters. The van der Waals surface area contributed by atoms with Crippen LogP contribution in [0.2, 0.25) is 0 Å². The number of carboxylic acid groups (broad SMARTS) is 1. The van der Waals surface area contributed by atoms with Crippen LogP contribution in [0.5, 0.6) is 0 Å². The molecule has 0 bridgehead atoms. The molecule has 4 heteroatoms. The first kappa shape index (κ1) is 9.72. The van der Waals surface area contributed by atoms with E-state index in [4.69, 9.17) is 21.4 Å². The van der Waals surface area contributed by atoms with E-state index in [0.717, 1.165) is 12.8 Å². The van der Waals surface area contributed by atoms with Crippen LogP contribution >= 0.6 is 11.6 Å². The molecule has 0 aliphatic rings. The van der Waals surface area contributed by atoms with E-state index in [-0.39, 0.29) is 0 Å². The number of aliphatic carboxylic acids is 1. The number of hydrogen-bond donors (Lipinski definition) is 1. The predicted molar refractivity (Wildman–Crippen MR) is 38.1 cm³/mol. The third-order valence-electron chi connectivity index (χ3n) is 0.956. The third kappa shape index (κ3) is 4.58. The summed E-state index contributed by atoms with van der Waals surface area (Å²) in [4.78, 5) is 10.0. The van der Waals surface area contributed by atoms with Crippen molar-refractivity contribution >= 4 is 17.6 Å². The second kappa shape index (κ2) is 5.50. The fourth-order valence-corrected chi connectivity index (χ4v) is 0.492. The van der Waals surface area contributed by atoms with Gasteiger partial charge in [0.05, 0.1) is 0 Å². The van der Waals surface area contributed by atoms with Gasteiger partial charge in [-0.05, 0) is 6.42 Å². The highest BCUT2D eigenvalue weighted by atomic mass is 35.5. The Balaban J connectivity index is 3.21. The number of alkyl halides is 1. The van der Waals surface area contributed by atoms with E-state index in [1.807, 2.05) is 6.92 Å². The molecule has 3 nitrogen and oxygen atoms in total. The zero-order chi connectivity index (χ0) is 7.98. The molecule has 0 rings (SSSR count). The standard InChI is InChI=1S/C6H11ClO3/c1-2-3-4-10-5(7)6(8)9/h5H,2-4H2,1H3,(H,8,9). The van der Waals surface area contributed by atoms with Crippen LogP contribution in [-0.2, 0) is 9.53 Å². The van der Waals surface area contributed by atoms with Gasteiger partial charge in [0, 0.05) is 6.61 Å². The summed E-state index contributed by atoms with van der Waals surface area (Å²) in [5.41, 5.74) is -1.19. The molecule has 0 aliphatic heterocycles. The van der Waals surface area contributed by atoms with Gasteiger partial charge in [-0.25, -0.2) is 4.79 Å². The van der Waals surface area contributed by atoms with Gasteiger partial charge in [0.15, 0.2) is 0 Å². The lowest BCUT2D eigenvalue weighted by molar-refractivity contribution is -0.145. The zero-order valence-corrected chi connectivity index (χ0v) is 6.60. The fourth-order valence-electron chi connectivity index (χ4n) is 0.402. The molecule has 0 spiro atoms. The van der Waals surface area contributed by atoms with Crippen LogP contribution in [0.25, 0.3) is 0 Å². The molecule has 0 aromatic rings. The van der Waals surface area contributed by atoms with Crippen LogP contribution in [0.4, 0.5) is 0 Å². The molecular formula is C6H11ClO3. The van der Waals surface area contributed by atoms with Crippen LogP contribution in [-0.4, -0.2) is 23.2 Å². The quantitative estimate of drug-likeness (QED) is 0.497. The Morgan fingerprint density at radius 1 is 1.80 bits per heavy atom. The summed E-state index contributed by atoms with van der Waals surface area (Å²) < 4.78 is 4.71. The summed E-state index contributed by atoms with van der Waals surface area (Å²) >= 11 is 5.23. The highest BCUT2D eigenvalue weighted by Crippen LogP contribution is 1.99. The number of hydrogen-bond acceptors (Lipinski definition) is 2. The van der Waals surface area contributed by atoms with Crippen molar-refractivity contribution < 1.29 is 14.6 Å². The first-order chi connectivity index (χ1) is 4.68. The van der Waals surface area contributed by atoms with Crippen LogP contribution in [0.1, 0.15) is 19.8 Å². The molecule has 0 aromatic heterocycles. The number of halogens is 1. The van der Waals surface area contributed by atoms with E-state index < -0.39 is 11.5 Å². The van der Waals surface area contributed by atoms with E-state index in [0.29, 0.717) is 6.61 Å². The van der Waals surface area contributed by atoms with Crippen LogP contribution < -0.4 is 0 Å². The van der Waals surface area contributed by atoms with Crippen molar-refractivity contribution in [2.75, 3.05) is 6.61 Å². The van der Waals surface area contributed by atoms with Gasteiger partial charge in [-0.2, -0.15) is 0 Å². The monoisotopic (exact) mass is 166 g/mol. The topological polar surface area (TPSA) is 46.5 Å². The van der Waals surface area contributed by atoms with E-state index in [9.17, 15) is 4.79 Å². The number of unbranched alkanes of at least 4 members (excludes halogenated alkanes) is 1. The van der Waals surface area contributed by atoms with E-state index in [1.165, 1.54) is 0 Å². The minimum absolute atomic E-state index is 0.414. The summed E-state index contributed by atoms with van der Waals surface area (Å²) in [7, 11) is 0. The Labute approximate surface area is 64.9 Å². The Kier molecular flexibility index (Phi) is 5.35. The summed E-state index contributed by atoms with van der Waals surface area (Å²) in [5, 5.41) is 8.22. The maximum atomic E-state index is 10.0. The van der Waals surface area contributed by atoms with E-state index in [2.05, 4.69) is 0 Å². The summed E-state index contributed by atoms with van der Waals surface area (Å²) in [6.45, 7) is 2.41. The minimum atomic E-state index is -1.19. The Bertz CT molecular complexity index is 105. The molecule has 0 heterocycles. The molecular weight excluding hydrogens is 156 g/mol. The van der Waals surface area contributed by atoms with Crippen molar-refractivity contribution in [3.05, 3.63) is 0 Å². The molecule has 1 atom stereocenters. The van der Waals surface area contributed by atoms with Gasteiger partial charge in [-0.15, -0.1) is 0 Å². The Hall–Kier alpha value is -0.280. The molecule has 0 aromatic carbocycles. The molecule has 0 amide bonds. The van der Waals surface area contributed by atoms with Gasteiger partial charge in [-0.3, -0.25) is 0 Å². The van der Waals surface area contributed by atoms with Crippen molar-refractivity contribution in [1.29, 1.82) is 0 Å². The molecule has 10 heavy (non-hydrogen) atoms. The first-order valence-electron chi connectivity index (χ1n) is 3.17. The number of carboxylic acids is 1. The van der Waals surface area contributed by atoms with Crippen molar-refractivity contribution in [3.63, 3.8) is 0 Å². The highest BCUT2D eigenvalue weighted by molar-refractivity contribution is 6.28. The van der Waals surface area contributed by atoms with E-state index in [1.54, 1.807) is 0 Å². The normalized spacial score (nSPS) is 13.0. The lowest BCUT2D eigenvalue weighted by Crippen LogP contribution is -2.17. The lowest BCUT2D eigenvalue weighted by Gasteiger charge is -2.04. The van der Waals surface area contributed by atoms with Crippen LogP contribution in [0, 0.1) is 0 Å². The maximum absolute atomic E-state index is 10.0. The van der Waals surface area contributed by atoms with Gasteiger partial charge in [0.25, 0.3) is 0 Å². The third-order valence-corrected chi connectivity index (χ3v) is 1.27. The van der Waals surface area contributed by atoms with Gasteiger partial charge >= 0.3 is 5.97 Å². The van der Waals surface area contributed by atoms with Crippen molar-refractivity contribution in [1.82, 2.24) is 0 Å². The van der Waals surface area contributed by atoms with Crippen LogP contribution in [0.15, 0.2) is 0 Å². The number of ether oxygens (including phenoxy) is 1. The lowest BCUT2D eigenvalue weighted by atomic mass is 10.4. The molecule has 0 radical (unpaired) electrons. The van der Waals surface area contributed by atoms with Crippen molar-refractivity contribution in [2.45, 2.75) is 25.3 Å². The van der Waals surface area contributed by atoms with Gasteiger partial charge in [0.1, 0.15) is 0 Å². The molecule has 0 fully saturated rings. The maximum Gasteiger partial charge on any atom is 0.348 e. The average Bonchev–Trinajstić information content (AvgIpc) is 1.88. The van der Waals surface area contributed by atoms with E-state index >= 15 is 0 Å². The van der Waals surface area contributed by atoms with Gasteiger partial charge < -0.3 is 9.84 Å². The summed E-state index contributed by atoms with van der Waals surface area (Å²) in [6.07, 6.45) is 1.82. The smallest absolute Gasteiger partial charge is 0.348 e. The van der Waals surface area contributed by atoms with Crippen molar-refractivity contribution in [2.24, 2.45) is 0 Å². The molecule has 0 saturated heterocycles. The van der Waals surface area contributed by atoms with Crippen LogP contribution in [0.3, 0.4) is 0 Å². The molecule has 1 N–H and O–H groups in total. The molecule has 0 saturated carbocycles. The second-order valence-corrected chi connectivity index (χ2v) is 2.28.